The fourth-order valence-corrected chi connectivity index (χ4v) is 4.46. The van der Waals surface area contributed by atoms with Crippen LogP contribution in [-0.4, -0.2) is 35.7 Å². The number of likely N-dealkylation sites (tertiary alicyclic amines) is 1. The molecule has 0 saturated carbocycles. The molecule has 2 heterocycles. The van der Waals surface area contributed by atoms with E-state index in [1.54, 1.807) is 48.5 Å². The number of amides is 3. The topological polar surface area (TPSA) is 69.7 Å². The average Bonchev–Trinajstić information content (AvgIpc) is 3.11. The van der Waals surface area contributed by atoms with E-state index in [-0.39, 0.29) is 17.7 Å². The van der Waals surface area contributed by atoms with Gasteiger partial charge in [0.1, 0.15) is 0 Å². The number of nitrogens with one attached hydrogen (secondary N) is 1. The smallest absolute Gasteiger partial charge is 0.266 e. The van der Waals surface area contributed by atoms with Crippen LogP contribution in [0.15, 0.2) is 72.8 Å². The summed E-state index contributed by atoms with van der Waals surface area (Å²) in [6.07, 6.45) is 3.85. The van der Waals surface area contributed by atoms with E-state index in [0.29, 0.717) is 22.4 Å². The highest BCUT2D eigenvalue weighted by Crippen LogP contribution is 2.28. The third-order valence-corrected chi connectivity index (χ3v) is 6.25. The molecule has 3 aromatic rings. The number of rotatable bonds is 5. The Morgan fingerprint density at radius 2 is 1.36 bits per heavy atom. The Labute approximate surface area is 192 Å². The molecule has 166 valence electrons. The third-order valence-electron chi connectivity index (χ3n) is 6.25. The van der Waals surface area contributed by atoms with Gasteiger partial charge in [0.05, 0.1) is 16.8 Å². The van der Waals surface area contributed by atoms with E-state index in [1.165, 1.54) is 24.8 Å². The van der Waals surface area contributed by atoms with Crippen molar-refractivity contribution in [3.63, 3.8) is 0 Å². The summed E-state index contributed by atoms with van der Waals surface area (Å²) in [5, 5.41) is 2.91. The minimum atomic E-state index is -0.350. The number of hydrogen-bond acceptors (Lipinski definition) is 4. The van der Waals surface area contributed by atoms with Crippen molar-refractivity contribution in [2.75, 3.05) is 23.3 Å². The molecule has 2 aliphatic heterocycles. The van der Waals surface area contributed by atoms with E-state index in [4.69, 9.17) is 0 Å². The van der Waals surface area contributed by atoms with Crippen molar-refractivity contribution in [3.8, 4) is 0 Å². The Balaban J connectivity index is 1.23. The maximum Gasteiger partial charge on any atom is 0.266 e. The van der Waals surface area contributed by atoms with Gasteiger partial charge < -0.3 is 5.32 Å². The van der Waals surface area contributed by atoms with Crippen molar-refractivity contribution in [3.05, 3.63) is 95.1 Å². The van der Waals surface area contributed by atoms with E-state index < -0.39 is 0 Å². The molecule has 0 unspecified atom stereocenters. The standard InChI is InChI=1S/C27H25N3O3/c31-25(28-21-12-8-19(9-13-21)18-29-16-4-1-5-17-29)20-10-14-22(15-11-20)30-26(32)23-6-2-3-7-24(23)27(30)33/h2-3,6-15H,1,4-5,16-18H2,(H,28,31). The zero-order valence-corrected chi connectivity index (χ0v) is 18.3. The van der Waals surface area contributed by atoms with Gasteiger partial charge >= 0.3 is 0 Å². The highest BCUT2D eigenvalue weighted by Gasteiger charge is 2.36. The van der Waals surface area contributed by atoms with Gasteiger partial charge in [-0.2, -0.15) is 0 Å². The number of benzene rings is 3. The highest BCUT2D eigenvalue weighted by molar-refractivity contribution is 6.34. The predicted octanol–water partition coefficient (Wildman–Crippen LogP) is 4.73. The summed E-state index contributed by atoms with van der Waals surface area (Å²) in [5.41, 5.74) is 3.65. The second-order valence-electron chi connectivity index (χ2n) is 8.53. The van der Waals surface area contributed by atoms with Gasteiger partial charge in [-0.05, 0) is 80.0 Å². The van der Waals surface area contributed by atoms with Crippen LogP contribution in [0.5, 0.6) is 0 Å². The fourth-order valence-electron chi connectivity index (χ4n) is 4.46. The van der Waals surface area contributed by atoms with Crippen LogP contribution in [0.4, 0.5) is 11.4 Å². The lowest BCUT2D eigenvalue weighted by molar-refractivity contribution is 0.0925. The van der Waals surface area contributed by atoms with Crippen LogP contribution in [0.3, 0.4) is 0 Å². The van der Waals surface area contributed by atoms with Crippen LogP contribution in [0.2, 0.25) is 0 Å². The summed E-state index contributed by atoms with van der Waals surface area (Å²) in [7, 11) is 0. The Morgan fingerprint density at radius 1 is 0.758 bits per heavy atom. The molecular weight excluding hydrogens is 414 g/mol. The molecule has 3 amide bonds. The molecule has 33 heavy (non-hydrogen) atoms. The van der Waals surface area contributed by atoms with Crippen LogP contribution in [0, 0.1) is 0 Å². The Hall–Kier alpha value is -3.77. The molecule has 0 bridgehead atoms. The zero-order chi connectivity index (χ0) is 22.8. The lowest BCUT2D eigenvalue weighted by Crippen LogP contribution is -2.29. The maximum atomic E-state index is 12.7. The second-order valence-corrected chi connectivity index (χ2v) is 8.53. The van der Waals surface area contributed by atoms with Crippen LogP contribution >= 0.6 is 0 Å². The zero-order valence-electron chi connectivity index (χ0n) is 18.3. The second kappa shape index (κ2) is 9.00. The lowest BCUT2D eigenvalue weighted by atomic mass is 10.1. The summed E-state index contributed by atoms with van der Waals surface area (Å²) >= 11 is 0. The Bertz CT molecular complexity index is 1160. The normalized spacial score (nSPS) is 16.1. The summed E-state index contributed by atoms with van der Waals surface area (Å²) in [4.78, 5) is 41.6. The number of carbonyl (C=O) groups excluding carboxylic acids is 3. The molecule has 5 rings (SSSR count). The first kappa shape index (κ1) is 21.1. The number of piperidine rings is 1. The molecule has 2 aliphatic rings. The van der Waals surface area contributed by atoms with Crippen molar-refractivity contribution < 1.29 is 14.4 Å². The number of hydrogen-bond donors (Lipinski definition) is 1. The molecule has 6 heteroatoms. The molecule has 0 radical (unpaired) electrons. The monoisotopic (exact) mass is 439 g/mol. The molecular formula is C27H25N3O3. The van der Waals surface area contributed by atoms with Gasteiger partial charge in [-0.3, -0.25) is 19.3 Å². The largest absolute Gasteiger partial charge is 0.322 e. The van der Waals surface area contributed by atoms with Gasteiger partial charge in [0.2, 0.25) is 0 Å². The quantitative estimate of drug-likeness (QED) is 0.584. The molecule has 0 atom stereocenters. The van der Waals surface area contributed by atoms with Gasteiger partial charge in [0.25, 0.3) is 17.7 Å². The molecule has 1 N–H and O–H groups in total. The Morgan fingerprint density at radius 3 is 1.97 bits per heavy atom. The van der Waals surface area contributed by atoms with Crippen LogP contribution in [0.25, 0.3) is 0 Å². The minimum absolute atomic E-state index is 0.243. The van der Waals surface area contributed by atoms with Gasteiger partial charge in [-0.1, -0.05) is 30.7 Å². The molecule has 6 nitrogen and oxygen atoms in total. The first-order chi connectivity index (χ1) is 16.1. The van der Waals surface area contributed by atoms with E-state index in [2.05, 4.69) is 22.3 Å². The van der Waals surface area contributed by atoms with Crippen molar-refractivity contribution in [2.45, 2.75) is 25.8 Å². The van der Waals surface area contributed by atoms with E-state index in [0.717, 1.165) is 30.2 Å². The minimum Gasteiger partial charge on any atom is -0.322 e. The first-order valence-corrected chi connectivity index (χ1v) is 11.3. The van der Waals surface area contributed by atoms with Gasteiger partial charge in [-0.25, -0.2) is 4.90 Å². The molecule has 0 aromatic heterocycles. The number of imide groups is 1. The number of fused-ring (bicyclic) bond motifs is 1. The first-order valence-electron chi connectivity index (χ1n) is 11.3. The molecule has 1 fully saturated rings. The summed E-state index contributed by atoms with van der Waals surface area (Å²) in [6, 6.07) is 21.2. The summed E-state index contributed by atoms with van der Waals surface area (Å²) in [5.74, 6) is -0.942. The fraction of sp³-hybridized carbons (Fsp3) is 0.222. The van der Waals surface area contributed by atoms with Crippen LogP contribution < -0.4 is 10.2 Å². The third kappa shape index (κ3) is 4.30. The predicted molar refractivity (Wildman–Crippen MR) is 128 cm³/mol. The van der Waals surface area contributed by atoms with Crippen molar-refractivity contribution in [1.29, 1.82) is 0 Å². The van der Waals surface area contributed by atoms with Crippen molar-refractivity contribution in [1.82, 2.24) is 4.90 Å². The SMILES string of the molecule is O=C(Nc1ccc(CN2CCCCC2)cc1)c1ccc(N2C(=O)c3ccccc3C2=O)cc1. The molecule has 0 spiro atoms. The molecule has 1 saturated heterocycles. The maximum absolute atomic E-state index is 12.7. The molecule has 3 aromatic carbocycles. The average molecular weight is 440 g/mol. The van der Waals surface area contributed by atoms with Gasteiger partial charge in [-0.15, -0.1) is 0 Å². The number of carbonyl (C=O) groups is 3. The van der Waals surface area contributed by atoms with Crippen molar-refractivity contribution >= 4 is 29.1 Å². The van der Waals surface area contributed by atoms with Gasteiger partial charge in [0.15, 0.2) is 0 Å². The summed E-state index contributed by atoms with van der Waals surface area (Å²) < 4.78 is 0. The lowest BCUT2D eigenvalue weighted by Gasteiger charge is -2.26. The number of nitrogens with zero attached hydrogens (tertiary/aromatic N) is 2. The Kier molecular flexibility index (Phi) is 5.75. The van der Waals surface area contributed by atoms with E-state index in [9.17, 15) is 14.4 Å². The highest BCUT2D eigenvalue weighted by atomic mass is 16.2. The van der Waals surface area contributed by atoms with E-state index >= 15 is 0 Å². The van der Waals surface area contributed by atoms with Crippen molar-refractivity contribution in [2.24, 2.45) is 0 Å². The summed E-state index contributed by atoms with van der Waals surface area (Å²) in [6.45, 7) is 3.23. The van der Waals surface area contributed by atoms with Crippen LogP contribution in [-0.2, 0) is 6.54 Å². The van der Waals surface area contributed by atoms with E-state index in [1.807, 2.05) is 12.1 Å². The number of anilines is 2. The van der Waals surface area contributed by atoms with Gasteiger partial charge in [0, 0.05) is 17.8 Å². The molecule has 0 aliphatic carbocycles. The van der Waals surface area contributed by atoms with Crippen LogP contribution in [0.1, 0.15) is 55.9 Å².